The molecular weight excluding hydrogens is 333 g/mol. The topological polar surface area (TPSA) is 54.7 Å². The van der Waals surface area contributed by atoms with Gasteiger partial charge in [0.1, 0.15) is 0 Å². The summed E-state index contributed by atoms with van der Waals surface area (Å²) in [5.41, 5.74) is 7.33. The van der Waals surface area contributed by atoms with Gasteiger partial charge in [-0.05, 0) is 12.1 Å². The third-order valence-electron chi connectivity index (χ3n) is 1.41. The monoisotopic (exact) mass is 343 g/mol. The van der Waals surface area contributed by atoms with Crippen LogP contribution in [-0.2, 0) is 0 Å². The molecule has 3 nitrogen and oxygen atoms in total. The maximum absolute atomic E-state index is 5.42. The minimum atomic E-state index is 0. The summed E-state index contributed by atoms with van der Waals surface area (Å²) >= 11 is 0. The van der Waals surface area contributed by atoms with E-state index in [1.165, 1.54) is 0 Å². The van der Waals surface area contributed by atoms with Crippen LogP contribution in [0, 0.1) is 0 Å². The summed E-state index contributed by atoms with van der Waals surface area (Å²) in [5.74, 6) is 0.473. The molecule has 0 spiro atoms. The molecule has 2 aromatic rings. The molecule has 0 fully saturated rings. The number of rotatable bonds is 0. The Bertz CT molecular complexity index is 322. The second kappa shape index (κ2) is 3.21. The van der Waals surface area contributed by atoms with Crippen LogP contribution in [0.25, 0.3) is 11.0 Å². The van der Waals surface area contributed by atoms with Gasteiger partial charge in [-0.15, -0.1) is 0 Å². The van der Waals surface area contributed by atoms with E-state index in [1.807, 2.05) is 24.3 Å². The summed E-state index contributed by atoms with van der Waals surface area (Å²) in [4.78, 5) is 6.96. The number of aromatic nitrogens is 2. The zero-order chi connectivity index (χ0) is 6.97. The number of nitrogen functional groups attached to an aromatic ring is 1. The van der Waals surface area contributed by atoms with Crippen LogP contribution in [0.5, 0.6) is 0 Å². The first-order valence-corrected chi connectivity index (χ1v) is 3.06. The molecule has 4 heteroatoms. The number of benzene rings is 1. The van der Waals surface area contributed by atoms with Gasteiger partial charge in [-0.3, -0.25) is 0 Å². The molecule has 0 saturated heterocycles. The van der Waals surface area contributed by atoms with Gasteiger partial charge >= 0.3 is 27.3 Å². The second-order valence-corrected chi connectivity index (χ2v) is 2.14. The fourth-order valence-corrected chi connectivity index (χ4v) is 0.973. The van der Waals surface area contributed by atoms with E-state index < -0.39 is 0 Å². The first-order valence-electron chi connectivity index (χ1n) is 3.06. The van der Waals surface area contributed by atoms with Crippen LogP contribution in [0.1, 0.15) is 0 Å². The quantitative estimate of drug-likeness (QED) is 0.674. The normalized spacial score (nSPS) is 9.45. The van der Waals surface area contributed by atoms with Gasteiger partial charge in [0.15, 0.2) is 5.95 Å². The molecule has 2 rings (SSSR count). The Balaban J connectivity index is 0.000000605. The van der Waals surface area contributed by atoms with E-state index in [4.69, 9.17) is 5.73 Å². The van der Waals surface area contributed by atoms with Crippen LogP contribution < -0.4 is 5.73 Å². The van der Waals surface area contributed by atoms with Gasteiger partial charge in [-0.25, -0.2) is 4.98 Å². The van der Waals surface area contributed by atoms with Crippen molar-refractivity contribution in [3.63, 3.8) is 0 Å². The molecule has 0 bridgehead atoms. The third-order valence-corrected chi connectivity index (χ3v) is 1.41. The van der Waals surface area contributed by atoms with Crippen LogP contribution >= 0.6 is 0 Å². The molecule has 3 N–H and O–H groups in total. The van der Waals surface area contributed by atoms with Gasteiger partial charge in [0.25, 0.3) is 0 Å². The molecule has 0 atom stereocenters. The molecule has 1 heterocycles. The maximum atomic E-state index is 5.42. The van der Waals surface area contributed by atoms with Gasteiger partial charge in [-0.1, -0.05) is 12.1 Å². The molecule has 56 valence electrons. The summed E-state index contributed by atoms with van der Waals surface area (Å²) in [5, 5.41) is 0. The zero-order valence-corrected chi connectivity index (χ0v) is 11.5. The van der Waals surface area contributed by atoms with Crippen molar-refractivity contribution in [1.82, 2.24) is 9.97 Å². The number of nitrogens with two attached hydrogens (primary N) is 1. The Morgan fingerprint density at radius 3 is 2.73 bits per heavy atom. The molecule has 0 aliphatic carbocycles. The summed E-state index contributed by atoms with van der Waals surface area (Å²) in [7, 11) is 0. The average Bonchev–Trinajstić information content (AvgIpc) is 2.27. The SMILES string of the molecule is Nc1nc2ccccc2[nH]1.[PbH2]. The Hall–Kier alpha value is -0.588. The number of hydrogen-bond donors (Lipinski definition) is 2. The Morgan fingerprint density at radius 2 is 2.00 bits per heavy atom. The number of hydrogen-bond acceptors (Lipinski definition) is 2. The fraction of sp³-hybridized carbons (Fsp3) is 0. The van der Waals surface area contributed by atoms with Crippen molar-refractivity contribution in [3.8, 4) is 0 Å². The molecular formula is C7H9N3Pb. The van der Waals surface area contributed by atoms with Crippen molar-refractivity contribution < 1.29 is 0 Å². The van der Waals surface area contributed by atoms with Crippen molar-refractivity contribution in [2.24, 2.45) is 0 Å². The number of aromatic amines is 1. The minimum absolute atomic E-state index is 0. The Labute approximate surface area is 84.2 Å². The number of H-pyrrole nitrogens is 1. The molecule has 1 aromatic heterocycles. The number of imidazole rings is 1. The van der Waals surface area contributed by atoms with Crippen LogP contribution in [-0.4, -0.2) is 37.3 Å². The molecule has 0 unspecified atom stereocenters. The molecule has 11 heavy (non-hydrogen) atoms. The first kappa shape index (κ1) is 8.51. The molecule has 2 radical (unpaired) electrons. The number of para-hydroxylation sites is 2. The Morgan fingerprint density at radius 1 is 1.27 bits per heavy atom. The van der Waals surface area contributed by atoms with Gasteiger partial charge < -0.3 is 10.7 Å². The van der Waals surface area contributed by atoms with Gasteiger partial charge in [0.05, 0.1) is 11.0 Å². The molecule has 0 aliphatic heterocycles. The zero-order valence-electron chi connectivity index (χ0n) is 6.04. The summed E-state index contributed by atoms with van der Waals surface area (Å²) < 4.78 is 0. The van der Waals surface area contributed by atoms with Crippen molar-refractivity contribution in [2.45, 2.75) is 0 Å². The van der Waals surface area contributed by atoms with Crippen LogP contribution in [0.15, 0.2) is 24.3 Å². The predicted molar refractivity (Wildman–Crippen MR) is 49.1 cm³/mol. The van der Waals surface area contributed by atoms with Crippen molar-refractivity contribution in [2.75, 3.05) is 5.73 Å². The van der Waals surface area contributed by atoms with Crippen molar-refractivity contribution in [3.05, 3.63) is 24.3 Å². The predicted octanol–water partition coefficient (Wildman–Crippen LogP) is 0.229. The van der Waals surface area contributed by atoms with E-state index >= 15 is 0 Å². The Kier molecular flexibility index (Phi) is 2.48. The van der Waals surface area contributed by atoms with Crippen molar-refractivity contribution >= 4 is 44.3 Å². The second-order valence-electron chi connectivity index (χ2n) is 2.14. The number of nitrogens with one attached hydrogen (secondary N) is 1. The van der Waals surface area contributed by atoms with Crippen molar-refractivity contribution in [1.29, 1.82) is 0 Å². The summed E-state index contributed by atoms with van der Waals surface area (Å²) in [6, 6.07) is 7.74. The van der Waals surface area contributed by atoms with Crippen LogP contribution in [0.2, 0.25) is 0 Å². The fourth-order valence-electron chi connectivity index (χ4n) is 0.973. The standard InChI is InChI=1S/C7H7N3.Pb.2H/c8-7-9-5-3-1-2-4-6(5)10-7;;;/h1-4H,(H3,8,9,10);;;. The molecule has 0 amide bonds. The summed E-state index contributed by atoms with van der Waals surface area (Å²) in [6.07, 6.45) is 0. The van der Waals surface area contributed by atoms with Crippen LogP contribution in [0.4, 0.5) is 5.95 Å². The summed E-state index contributed by atoms with van der Waals surface area (Å²) in [6.45, 7) is 0. The molecule has 0 aliphatic rings. The van der Waals surface area contributed by atoms with Gasteiger partial charge in [0, 0.05) is 0 Å². The van der Waals surface area contributed by atoms with E-state index in [0.717, 1.165) is 11.0 Å². The number of anilines is 1. The molecule has 1 aromatic carbocycles. The third kappa shape index (κ3) is 1.53. The van der Waals surface area contributed by atoms with E-state index in [1.54, 1.807) is 0 Å². The van der Waals surface area contributed by atoms with E-state index in [9.17, 15) is 0 Å². The first-order chi connectivity index (χ1) is 4.86. The van der Waals surface area contributed by atoms with E-state index in [2.05, 4.69) is 9.97 Å². The number of fused-ring (bicyclic) bond motifs is 1. The molecule has 0 saturated carbocycles. The van der Waals surface area contributed by atoms with E-state index in [-0.39, 0.29) is 27.3 Å². The number of nitrogens with zero attached hydrogens (tertiary/aromatic N) is 1. The average molecular weight is 342 g/mol. The van der Waals surface area contributed by atoms with E-state index in [0.29, 0.717) is 5.95 Å². The van der Waals surface area contributed by atoms with Gasteiger partial charge in [0.2, 0.25) is 0 Å². The van der Waals surface area contributed by atoms with Gasteiger partial charge in [-0.2, -0.15) is 0 Å². The van der Waals surface area contributed by atoms with Crippen LogP contribution in [0.3, 0.4) is 0 Å².